The molecule has 14 heavy (non-hydrogen) atoms. The van der Waals surface area contributed by atoms with E-state index in [9.17, 15) is 0 Å². The summed E-state index contributed by atoms with van der Waals surface area (Å²) >= 11 is 9.47. The van der Waals surface area contributed by atoms with E-state index in [0.717, 1.165) is 15.6 Å². The Morgan fingerprint density at radius 3 is 2.86 bits per heavy atom. The zero-order chi connectivity index (χ0) is 10.5. The predicted octanol–water partition coefficient (Wildman–Crippen LogP) is 2.34. The monoisotopic (exact) mass is 266 g/mol. The molecule has 0 aromatic heterocycles. The maximum Gasteiger partial charge on any atom is 0.125 e. The average molecular weight is 267 g/mol. The minimum atomic E-state index is -1.13. The Bertz CT molecular complexity index is 406. The quantitative estimate of drug-likeness (QED) is 0.655. The summed E-state index contributed by atoms with van der Waals surface area (Å²) in [4.78, 5) is 0. The molecule has 5 heteroatoms. The topological polar surface area (TPSA) is 9.23 Å². The molecule has 0 saturated carbocycles. The summed E-state index contributed by atoms with van der Waals surface area (Å²) in [6.45, 7) is 1.93. The Balaban J connectivity index is 2.61. The van der Waals surface area contributed by atoms with Crippen molar-refractivity contribution in [2.45, 2.75) is 18.7 Å². The SMILES string of the molecule is [B]C1([B])Cc2c(Cl)c(Br)cc(C)c2O1. The first-order chi connectivity index (χ1) is 6.41. The molecule has 0 atom stereocenters. The molecule has 2 rings (SSSR count). The van der Waals surface area contributed by atoms with Gasteiger partial charge in [0, 0.05) is 15.4 Å². The zero-order valence-corrected chi connectivity index (χ0v) is 9.95. The first kappa shape index (κ1) is 10.4. The van der Waals surface area contributed by atoms with Crippen LogP contribution >= 0.6 is 27.5 Å². The zero-order valence-electron chi connectivity index (χ0n) is 7.60. The summed E-state index contributed by atoms with van der Waals surface area (Å²) < 4.78 is 6.26. The normalized spacial score (nSPS) is 17.6. The molecule has 1 nitrogen and oxygen atoms in total. The van der Waals surface area contributed by atoms with Gasteiger partial charge in [0.15, 0.2) is 0 Å². The second kappa shape index (κ2) is 3.21. The average Bonchev–Trinajstić information content (AvgIpc) is 2.38. The van der Waals surface area contributed by atoms with E-state index in [1.165, 1.54) is 0 Å². The van der Waals surface area contributed by atoms with Gasteiger partial charge in [-0.05, 0) is 40.9 Å². The Kier molecular flexibility index (Phi) is 2.39. The van der Waals surface area contributed by atoms with Crippen LogP contribution < -0.4 is 4.74 Å². The number of benzene rings is 1. The number of aryl methyl sites for hydroxylation is 1. The summed E-state index contributed by atoms with van der Waals surface area (Å²) in [5.41, 5.74) is 1.86. The van der Waals surface area contributed by atoms with Gasteiger partial charge in [0.05, 0.1) is 5.02 Å². The first-order valence-electron chi connectivity index (χ1n) is 4.15. The van der Waals surface area contributed by atoms with E-state index in [4.69, 9.17) is 32.0 Å². The fourth-order valence-electron chi connectivity index (χ4n) is 1.60. The van der Waals surface area contributed by atoms with Crippen LogP contribution in [0, 0.1) is 6.92 Å². The van der Waals surface area contributed by atoms with E-state index in [-0.39, 0.29) is 0 Å². The van der Waals surface area contributed by atoms with Crippen LogP contribution in [0.3, 0.4) is 0 Å². The smallest absolute Gasteiger partial charge is 0.125 e. The molecule has 0 unspecified atom stereocenters. The molecule has 1 aromatic rings. The van der Waals surface area contributed by atoms with Crippen LogP contribution in [-0.2, 0) is 6.42 Å². The van der Waals surface area contributed by atoms with Crippen molar-refractivity contribution >= 4 is 43.2 Å². The molecule has 1 aliphatic heterocycles. The van der Waals surface area contributed by atoms with Gasteiger partial charge in [-0.15, -0.1) is 0 Å². The largest absolute Gasteiger partial charge is 0.506 e. The van der Waals surface area contributed by atoms with Crippen molar-refractivity contribution < 1.29 is 4.74 Å². The van der Waals surface area contributed by atoms with Gasteiger partial charge >= 0.3 is 0 Å². The summed E-state index contributed by atoms with van der Waals surface area (Å²) in [5.74, 6) is 0.711. The van der Waals surface area contributed by atoms with Gasteiger partial charge < -0.3 is 4.74 Å². The van der Waals surface area contributed by atoms with Crippen molar-refractivity contribution in [1.82, 2.24) is 0 Å². The molecular weight excluding hydrogens is 261 g/mol. The van der Waals surface area contributed by atoms with Crippen molar-refractivity contribution in [2.24, 2.45) is 0 Å². The number of hydrogen-bond acceptors (Lipinski definition) is 1. The van der Waals surface area contributed by atoms with Gasteiger partial charge in [-0.25, -0.2) is 0 Å². The fourth-order valence-corrected chi connectivity index (χ4v) is 2.39. The van der Waals surface area contributed by atoms with Crippen molar-refractivity contribution in [3.63, 3.8) is 0 Å². The van der Waals surface area contributed by atoms with E-state index in [0.29, 0.717) is 17.2 Å². The second-order valence-corrected chi connectivity index (χ2v) is 4.76. The lowest BCUT2D eigenvalue weighted by Crippen LogP contribution is -2.35. The molecule has 1 aliphatic rings. The number of halogens is 2. The van der Waals surface area contributed by atoms with E-state index >= 15 is 0 Å². The van der Waals surface area contributed by atoms with Gasteiger partial charge in [-0.2, -0.15) is 0 Å². The summed E-state index contributed by atoms with van der Waals surface area (Å²) in [6.07, 6.45) is 0.432. The second-order valence-electron chi connectivity index (χ2n) is 3.53. The number of rotatable bonds is 0. The molecule has 4 radical (unpaired) electrons. The summed E-state index contributed by atoms with van der Waals surface area (Å²) in [5, 5.41) is -0.499. The molecule has 1 aromatic carbocycles. The molecule has 0 saturated heterocycles. The number of fused-ring (bicyclic) bond motifs is 1. The van der Waals surface area contributed by atoms with E-state index in [2.05, 4.69) is 15.9 Å². The van der Waals surface area contributed by atoms with Crippen LogP contribution in [0.2, 0.25) is 5.02 Å². The standard InChI is InChI=1S/C9H6B2BrClO/c1-4-2-6(12)7(13)5-3-9(10,11)14-8(4)5/h2H,3H2,1H3. The molecule has 1 heterocycles. The van der Waals surface area contributed by atoms with E-state index in [1.54, 1.807) is 0 Å². The molecule has 0 amide bonds. The minimum absolute atomic E-state index is 0.432. The highest BCUT2D eigenvalue weighted by molar-refractivity contribution is 9.10. The van der Waals surface area contributed by atoms with Crippen LogP contribution in [0.1, 0.15) is 11.1 Å². The maximum absolute atomic E-state index is 6.10. The molecule has 0 fully saturated rings. The third-order valence-corrected chi connectivity index (χ3v) is 3.48. The van der Waals surface area contributed by atoms with Crippen LogP contribution in [-0.4, -0.2) is 21.1 Å². The molecule has 0 spiro atoms. The highest BCUT2D eigenvalue weighted by Gasteiger charge is 2.32. The Morgan fingerprint density at radius 2 is 2.21 bits per heavy atom. The Morgan fingerprint density at radius 1 is 1.57 bits per heavy atom. The van der Waals surface area contributed by atoms with Crippen molar-refractivity contribution in [3.05, 3.63) is 26.7 Å². The van der Waals surface area contributed by atoms with Crippen LogP contribution in [0.15, 0.2) is 10.5 Å². The van der Waals surface area contributed by atoms with Gasteiger partial charge in [-0.3, -0.25) is 0 Å². The first-order valence-corrected chi connectivity index (χ1v) is 5.32. The lowest BCUT2D eigenvalue weighted by atomic mass is 9.63. The number of hydrogen-bond donors (Lipinski definition) is 0. The predicted molar refractivity (Wildman–Crippen MR) is 62.5 cm³/mol. The molecule has 68 valence electrons. The molecule has 0 aliphatic carbocycles. The van der Waals surface area contributed by atoms with Gasteiger partial charge in [-0.1, -0.05) is 11.6 Å². The third-order valence-electron chi connectivity index (χ3n) is 2.20. The van der Waals surface area contributed by atoms with Crippen molar-refractivity contribution in [1.29, 1.82) is 0 Å². The number of ether oxygens (including phenoxy) is 1. The van der Waals surface area contributed by atoms with E-state index in [1.807, 2.05) is 13.0 Å². The molecular formula is C9H6B2BrClO. The van der Waals surface area contributed by atoms with Crippen molar-refractivity contribution in [3.8, 4) is 5.75 Å². The van der Waals surface area contributed by atoms with Gasteiger partial charge in [0.2, 0.25) is 0 Å². The lowest BCUT2D eigenvalue weighted by Gasteiger charge is -2.18. The van der Waals surface area contributed by atoms with Crippen LogP contribution in [0.5, 0.6) is 5.75 Å². The summed E-state index contributed by atoms with van der Waals surface area (Å²) in [7, 11) is 11.4. The Labute approximate surface area is 99.1 Å². The van der Waals surface area contributed by atoms with E-state index < -0.39 is 5.40 Å². The lowest BCUT2D eigenvalue weighted by molar-refractivity contribution is 0.273. The van der Waals surface area contributed by atoms with Crippen molar-refractivity contribution in [2.75, 3.05) is 0 Å². The van der Waals surface area contributed by atoms with Crippen LogP contribution in [0.25, 0.3) is 0 Å². The molecule has 0 bridgehead atoms. The maximum atomic E-state index is 6.10. The van der Waals surface area contributed by atoms with Crippen LogP contribution in [0.4, 0.5) is 0 Å². The van der Waals surface area contributed by atoms with Gasteiger partial charge in [0.1, 0.15) is 21.4 Å². The third kappa shape index (κ3) is 1.59. The Hall–Kier alpha value is -0.0801. The van der Waals surface area contributed by atoms with Gasteiger partial charge in [0.25, 0.3) is 0 Å². The highest BCUT2D eigenvalue weighted by Crippen LogP contribution is 2.42. The highest BCUT2D eigenvalue weighted by atomic mass is 79.9. The fraction of sp³-hybridized carbons (Fsp3) is 0.333. The summed E-state index contributed by atoms with van der Waals surface area (Å²) in [6, 6.07) is 1.89. The minimum Gasteiger partial charge on any atom is -0.506 e. The molecule has 0 N–H and O–H groups in total.